The molecule has 0 saturated heterocycles. The Labute approximate surface area is 116 Å². The summed E-state index contributed by atoms with van der Waals surface area (Å²) in [6.07, 6.45) is -3.01. The Hall–Kier alpha value is -2.16. The fraction of sp³-hybridized carbons (Fsp3) is 0.333. The fourth-order valence-corrected chi connectivity index (χ4v) is 1.36. The molecule has 0 radical (unpaired) electrons. The summed E-state index contributed by atoms with van der Waals surface area (Å²) >= 11 is 0. The molecule has 2 N–H and O–H groups in total. The third kappa shape index (κ3) is 5.38. The quantitative estimate of drug-likeness (QED) is 0.598. The van der Waals surface area contributed by atoms with E-state index >= 15 is 0 Å². The van der Waals surface area contributed by atoms with E-state index in [-0.39, 0.29) is 13.0 Å². The summed E-state index contributed by atoms with van der Waals surface area (Å²) in [7, 11) is 0. The molecule has 116 valence electrons. The molecule has 1 rings (SSSR count). The topological polar surface area (TPSA) is 75.6 Å². The third-order valence-corrected chi connectivity index (χ3v) is 2.28. The second-order valence-corrected chi connectivity index (χ2v) is 3.88. The number of anilines is 1. The van der Waals surface area contributed by atoms with Gasteiger partial charge in [-0.05, 0) is 6.07 Å². The minimum Gasteiger partial charge on any atom is -0.478 e. The van der Waals surface area contributed by atoms with Gasteiger partial charge in [-0.1, -0.05) is 0 Å². The molecule has 9 heteroatoms. The fourth-order valence-electron chi connectivity index (χ4n) is 1.36. The highest BCUT2D eigenvalue weighted by molar-refractivity contribution is 5.94. The van der Waals surface area contributed by atoms with Crippen molar-refractivity contribution in [3.63, 3.8) is 0 Å². The van der Waals surface area contributed by atoms with Crippen LogP contribution in [-0.4, -0.2) is 36.6 Å². The molecule has 0 heterocycles. The van der Waals surface area contributed by atoms with Gasteiger partial charge in [0.05, 0.1) is 24.3 Å². The summed E-state index contributed by atoms with van der Waals surface area (Å²) in [4.78, 5) is 22.1. The van der Waals surface area contributed by atoms with E-state index < -0.39 is 47.8 Å². The number of halogens is 4. The second kappa shape index (κ2) is 7.58. The highest BCUT2D eigenvalue weighted by atomic mass is 19.3. The molecule has 1 amide bonds. The molecule has 0 atom stereocenters. The number of amides is 1. The predicted octanol–water partition coefficient (Wildman–Crippen LogP) is 2.27. The minimum absolute atomic E-state index is 0.315. The van der Waals surface area contributed by atoms with E-state index in [4.69, 9.17) is 5.11 Å². The molecular weight excluding hydrogens is 298 g/mol. The van der Waals surface area contributed by atoms with Gasteiger partial charge in [0.1, 0.15) is 18.2 Å². The summed E-state index contributed by atoms with van der Waals surface area (Å²) in [5, 5.41) is 10.7. The number of alkyl halides is 2. The van der Waals surface area contributed by atoms with Crippen LogP contribution in [0.15, 0.2) is 12.1 Å². The molecule has 0 fully saturated rings. The average molecular weight is 309 g/mol. The molecule has 0 aliphatic rings. The lowest BCUT2D eigenvalue weighted by Crippen LogP contribution is -2.17. The van der Waals surface area contributed by atoms with Crippen LogP contribution in [0.1, 0.15) is 16.8 Å². The molecule has 0 bridgehead atoms. The normalized spacial score (nSPS) is 10.7. The summed E-state index contributed by atoms with van der Waals surface area (Å²) < 4.78 is 54.4. The van der Waals surface area contributed by atoms with Crippen molar-refractivity contribution < 1.29 is 37.0 Å². The number of rotatable bonds is 7. The molecule has 1 aromatic carbocycles. The van der Waals surface area contributed by atoms with Crippen molar-refractivity contribution in [1.82, 2.24) is 0 Å². The van der Waals surface area contributed by atoms with Crippen LogP contribution in [0.2, 0.25) is 0 Å². The Bertz CT molecular complexity index is 536. The lowest BCUT2D eigenvalue weighted by atomic mass is 10.1. The van der Waals surface area contributed by atoms with Gasteiger partial charge in [-0.25, -0.2) is 22.4 Å². The first-order valence-electron chi connectivity index (χ1n) is 5.69. The SMILES string of the molecule is O=C(CCOCC(F)F)Nc1cc(C(=O)O)c(F)cc1F. The van der Waals surface area contributed by atoms with Crippen LogP contribution < -0.4 is 5.32 Å². The van der Waals surface area contributed by atoms with Gasteiger partial charge >= 0.3 is 5.97 Å². The zero-order valence-corrected chi connectivity index (χ0v) is 10.5. The summed E-state index contributed by atoms with van der Waals surface area (Å²) in [6.45, 7) is -1.15. The molecule has 0 unspecified atom stereocenters. The molecule has 0 aliphatic heterocycles. The summed E-state index contributed by atoms with van der Waals surface area (Å²) in [6, 6.07) is 0.956. The van der Waals surface area contributed by atoms with Crippen LogP contribution in [0.3, 0.4) is 0 Å². The zero-order valence-electron chi connectivity index (χ0n) is 10.5. The van der Waals surface area contributed by atoms with Crippen molar-refractivity contribution in [3.05, 3.63) is 29.3 Å². The Morgan fingerprint density at radius 2 is 1.90 bits per heavy atom. The Morgan fingerprint density at radius 3 is 2.48 bits per heavy atom. The second-order valence-electron chi connectivity index (χ2n) is 3.88. The third-order valence-electron chi connectivity index (χ3n) is 2.28. The first kappa shape index (κ1) is 16.9. The van der Waals surface area contributed by atoms with Crippen molar-refractivity contribution in [2.75, 3.05) is 18.5 Å². The summed E-state index contributed by atoms with van der Waals surface area (Å²) in [5.74, 6) is -4.84. The smallest absolute Gasteiger partial charge is 0.338 e. The van der Waals surface area contributed by atoms with Crippen LogP contribution >= 0.6 is 0 Å². The number of nitrogens with one attached hydrogen (secondary N) is 1. The molecule has 0 aromatic heterocycles. The van der Waals surface area contributed by atoms with E-state index in [1.165, 1.54) is 0 Å². The van der Waals surface area contributed by atoms with Crippen LogP contribution in [0.5, 0.6) is 0 Å². The molecule has 0 spiro atoms. The number of carboxylic acid groups (broad SMARTS) is 1. The summed E-state index contributed by atoms with van der Waals surface area (Å²) in [5.41, 5.74) is -1.33. The first-order valence-corrected chi connectivity index (χ1v) is 5.69. The minimum atomic E-state index is -2.67. The molecule has 1 aromatic rings. The number of ether oxygens (including phenoxy) is 1. The number of hydrogen-bond donors (Lipinski definition) is 2. The van der Waals surface area contributed by atoms with Crippen LogP contribution in [0.25, 0.3) is 0 Å². The van der Waals surface area contributed by atoms with E-state index in [0.29, 0.717) is 12.1 Å². The van der Waals surface area contributed by atoms with Crippen molar-refractivity contribution >= 4 is 17.6 Å². The number of carboxylic acids is 1. The van der Waals surface area contributed by atoms with Gasteiger partial charge in [0.25, 0.3) is 6.43 Å². The standard InChI is InChI=1S/C12H11F4NO4/c13-7-4-8(14)9(3-6(7)12(19)20)17-11(18)1-2-21-5-10(15)16/h3-4,10H,1-2,5H2,(H,17,18)(H,19,20). The Balaban J connectivity index is 2.63. The lowest BCUT2D eigenvalue weighted by Gasteiger charge is -2.08. The number of hydrogen-bond acceptors (Lipinski definition) is 3. The zero-order chi connectivity index (χ0) is 16.0. The van der Waals surface area contributed by atoms with E-state index in [1.54, 1.807) is 0 Å². The van der Waals surface area contributed by atoms with E-state index in [1.807, 2.05) is 5.32 Å². The molecular formula is C12H11F4NO4. The highest BCUT2D eigenvalue weighted by Crippen LogP contribution is 2.19. The van der Waals surface area contributed by atoms with E-state index in [0.717, 1.165) is 0 Å². The van der Waals surface area contributed by atoms with Crippen molar-refractivity contribution in [3.8, 4) is 0 Å². The van der Waals surface area contributed by atoms with Gasteiger partial charge < -0.3 is 15.2 Å². The van der Waals surface area contributed by atoms with E-state index in [9.17, 15) is 27.2 Å². The number of benzene rings is 1. The average Bonchev–Trinajstić information content (AvgIpc) is 2.37. The first-order chi connectivity index (χ1) is 9.81. The Kier molecular flexibility index (Phi) is 6.10. The lowest BCUT2D eigenvalue weighted by molar-refractivity contribution is -0.117. The van der Waals surface area contributed by atoms with Crippen LogP contribution in [0, 0.1) is 11.6 Å². The van der Waals surface area contributed by atoms with Crippen LogP contribution in [-0.2, 0) is 9.53 Å². The maximum Gasteiger partial charge on any atom is 0.338 e. The van der Waals surface area contributed by atoms with Crippen LogP contribution in [0.4, 0.5) is 23.2 Å². The molecule has 21 heavy (non-hydrogen) atoms. The highest BCUT2D eigenvalue weighted by Gasteiger charge is 2.16. The van der Waals surface area contributed by atoms with E-state index in [2.05, 4.69) is 4.74 Å². The molecule has 0 aliphatic carbocycles. The predicted molar refractivity (Wildman–Crippen MR) is 63.4 cm³/mol. The van der Waals surface area contributed by atoms with Gasteiger partial charge in [0.2, 0.25) is 5.91 Å². The van der Waals surface area contributed by atoms with Gasteiger partial charge in [-0.2, -0.15) is 0 Å². The number of carbonyl (C=O) groups is 2. The van der Waals surface area contributed by atoms with Gasteiger partial charge in [0.15, 0.2) is 0 Å². The molecule has 0 saturated carbocycles. The number of carbonyl (C=O) groups excluding carboxylic acids is 1. The largest absolute Gasteiger partial charge is 0.478 e. The number of aromatic carboxylic acids is 1. The van der Waals surface area contributed by atoms with Crippen molar-refractivity contribution in [1.29, 1.82) is 0 Å². The van der Waals surface area contributed by atoms with Crippen molar-refractivity contribution in [2.45, 2.75) is 12.8 Å². The van der Waals surface area contributed by atoms with Crippen molar-refractivity contribution in [2.24, 2.45) is 0 Å². The Morgan fingerprint density at radius 1 is 1.24 bits per heavy atom. The van der Waals surface area contributed by atoms with Gasteiger partial charge in [0, 0.05) is 6.07 Å². The monoisotopic (exact) mass is 309 g/mol. The van der Waals surface area contributed by atoms with Gasteiger partial charge in [-0.3, -0.25) is 4.79 Å². The van der Waals surface area contributed by atoms with Gasteiger partial charge in [-0.15, -0.1) is 0 Å². The maximum absolute atomic E-state index is 13.4. The molecule has 5 nitrogen and oxygen atoms in total. The maximum atomic E-state index is 13.4.